The van der Waals surface area contributed by atoms with Gasteiger partial charge in [0.05, 0.1) is 12.7 Å². The molecule has 1 rings (SSSR count). The minimum absolute atomic E-state index is 0.231. The number of benzene rings is 1. The maximum absolute atomic E-state index is 9.75. The van der Waals surface area contributed by atoms with Crippen LogP contribution in [0, 0.1) is 0 Å². The van der Waals surface area contributed by atoms with Gasteiger partial charge in [0, 0.05) is 18.1 Å². The molecule has 2 atom stereocenters. The monoisotopic (exact) mass is 347 g/mol. The number of aliphatic hydroxyl groups excluding tert-OH is 2. The molecule has 1 aromatic rings. The van der Waals surface area contributed by atoms with E-state index in [9.17, 15) is 10.2 Å². The van der Waals surface area contributed by atoms with Crippen LogP contribution in [0.15, 0.2) is 28.7 Å². The predicted molar refractivity (Wildman–Crippen MR) is 81.0 cm³/mol. The van der Waals surface area contributed by atoms with Crippen LogP contribution in [0.4, 0.5) is 0 Å². The number of aliphatic hydroxyl groups is 2. The Balaban J connectivity index is 2.08. The third-order valence-electron chi connectivity index (χ3n) is 2.65. The van der Waals surface area contributed by atoms with Gasteiger partial charge < -0.3 is 25.0 Å². The molecular weight excluding hydrogens is 326 g/mol. The van der Waals surface area contributed by atoms with E-state index in [0.717, 1.165) is 10.2 Å². The van der Waals surface area contributed by atoms with Crippen molar-refractivity contribution in [1.82, 2.24) is 5.32 Å². The molecule has 0 spiro atoms. The normalized spacial score (nSPS) is 14.0. The molecule has 5 nitrogen and oxygen atoms in total. The second-order valence-corrected chi connectivity index (χ2v) is 5.44. The summed E-state index contributed by atoms with van der Waals surface area (Å²) in [4.78, 5) is 0. The van der Waals surface area contributed by atoms with Gasteiger partial charge in [-0.2, -0.15) is 0 Å². The quantitative estimate of drug-likeness (QED) is 0.554. The summed E-state index contributed by atoms with van der Waals surface area (Å²) in [5.74, 6) is 0.725. The summed E-state index contributed by atoms with van der Waals surface area (Å²) in [6.45, 7) is 1.61. The molecule has 0 aromatic heterocycles. The first kappa shape index (κ1) is 17.4. The summed E-state index contributed by atoms with van der Waals surface area (Å²) in [5, 5.41) is 22.2. The SMILES string of the molecule is COCC(O)CCNCC(O)COc1ccc(Br)cc1. The maximum atomic E-state index is 9.75. The third-order valence-corrected chi connectivity index (χ3v) is 3.18. The molecule has 0 bridgehead atoms. The molecule has 114 valence electrons. The molecule has 2 unspecified atom stereocenters. The zero-order chi connectivity index (χ0) is 14.8. The number of halogens is 1. The first-order chi connectivity index (χ1) is 9.61. The lowest BCUT2D eigenvalue weighted by Gasteiger charge is -2.14. The van der Waals surface area contributed by atoms with Crippen molar-refractivity contribution >= 4 is 15.9 Å². The van der Waals surface area contributed by atoms with E-state index in [2.05, 4.69) is 21.2 Å². The smallest absolute Gasteiger partial charge is 0.119 e. The Morgan fingerprint density at radius 3 is 2.50 bits per heavy atom. The van der Waals surface area contributed by atoms with Crippen LogP contribution < -0.4 is 10.1 Å². The second-order valence-electron chi connectivity index (χ2n) is 4.52. The highest BCUT2D eigenvalue weighted by Gasteiger charge is 2.06. The van der Waals surface area contributed by atoms with Crippen LogP contribution in [0.25, 0.3) is 0 Å². The fraction of sp³-hybridized carbons (Fsp3) is 0.571. The van der Waals surface area contributed by atoms with Gasteiger partial charge in [0.2, 0.25) is 0 Å². The van der Waals surface area contributed by atoms with Gasteiger partial charge in [0.25, 0.3) is 0 Å². The number of methoxy groups -OCH3 is 1. The first-order valence-corrected chi connectivity index (χ1v) is 7.35. The fourth-order valence-corrected chi connectivity index (χ4v) is 1.86. The van der Waals surface area contributed by atoms with Crippen LogP contribution in [0.3, 0.4) is 0 Å². The molecular formula is C14H22BrNO4. The molecule has 6 heteroatoms. The Morgan fingerprint density at radius 2 is 1.85 bits per heavy atom. The zero-order valence-corrected chi connectivity index (χ0v) is 13.2. The van der Waals surface area contributed by atoms with Crippen molar-refractivity contribution in [3.8, 4) is 5.75 Å². The zero-order valence-electron chi connectivity index (χ0n) is 11.6. The van der Waals surface area contributed by atoms with Crippen molar-refractivity contribution in [3.63, 3.8) is 0 Å². The van der Waals surface area contributed by atoms with Crippen molar-refractivity contribution in [2.75, 3.05) is 33.4 Å². The molecule has 0 aliphatic carbocycles. The number of rotatable bonds is 10. The lowest BCUT2D eigenvalue weighted by atomic mass is 10.2. The summed E-state index contributed by atoms with van der Waals surface area (Å²) in [6, 6.07) is 7.45. The van der Waals surface area contributed by atoms with E-state index in [0.29, 0.717) is 26.1 Å². The van der Waals surface area contributed by atoms with Crippen LogP contribution >= 0.6 is 15.9 Å². The van der Waals surface area contributed by atoms with Crippen molar-refractivity contribution in [2.24, 2.45) is 0 Å². The summed E-state index contributed by atoms with van der Waals surface area (Å²) in [7, 11) is 1.56. The van der Waals surface area contributed by atoms with E-state index in [-0.39, 0.29) is 6.61 Å². The van der Waals surface area contributed by atoms with Gasteiger partial charge in [-0.15, -0.1) is 0 Å². The standard InChI is InChI=1S/C14H22BrNO4/c1-19-9-12(17)6-7-16-8-13(18)10-20-14-4-2-11(15)3-5-14/h2-5,12-13,16-18H,6-10H2,1H3. The van der Waals surface area contributed by atoms with Gasteiger partial charge in [-0.3, -0.25) is 0 Å². The Kier molecular flexibility index (Phi) is 8.80. The van der Waals surface area contributed by atoms with Gasteiger partial charge in [-0.1, -0.05) is 15.9 Å². The van der Waals surface area contributed by atoms with Crippen LogP contribution in [0.5, 0.6) is 5.75 Å². The first-order valence-electron chi connectivity index (χ1n) is 6.56. The Hall–Kier alpha value is -0.660. The fourth-order valence-electron chi connectivity index (χ4n) is 1.60. The highest BCUT2D eigenvalue weighted by atomic mass is 79.9. The van der Waals surface area contributed by atoms with Crippen LogP contribution in [-0.2, 0) is 4.74 Å². The largest absolute Gasteiger partial charge is 0.491 e. The minimum Gasteiger partial charge on any atom is -0.491 e. The lowest BCUT2D eigenvalue weighted by molar-refractivity contribution is 0.0577. The van der Waals surface area contributed by atoms with E-state index < -0.39 is 12.2 Å². The summed E-state index contributed by atoms with van der Waals surface area (Å²) in [6.07, 6.45) is -0.462. The minimum atomic E-state index is -0.585. The molecule has 0 heterocycles. The van der Waals surface area contributed by atoms with Crippen LogP contribution in [0.1, 0.15) is 6.42 Å². The topological polar surface area (TPSA) is 71.0 Å². The van der Waals surface area contributed by atoms with E-state index in [1.165, 1.54) is 0 Å². The number of ether oxygens (including phenoxy) is 2. The van der Waals surface area contributed by atoms with Crippen molar-refractivity contribution in [2.45, 2.75) is 18.6 Å². The van der Waals surface area contributed by atoms with E-state index >= 15 is 0 Å². The van der Waals surface area contributed by atoms with Gasteiger partial charge in [0.15, 0.2) is 0 Å². The summed E-state index contributed by atoms with van der Waals surface area (Å²) in [5.41, 5.74) is 0. The predicted octanol–water partition coefficient (Wildman–Crippen LogP) is 1.18. The molecule has 1 aromatic carbocycles. The molecule has 3 N–H and O–H groups in total. The third kappa shape index (κ3) is 7.81. The Bertz CT molecular complexity index is 361. The Labute approximate surface area is 128 Å². The van der Waals surface area contributed by atoms with Crippen molar-refractivity contribution in [1.29, 1.82) is 0 Å². The molecule has 0 fully saturated rings. The molecule has 0 aliphatic heterocycles. The molecule has 0 amide bonds. The highest BCUT2D eigenvalue weighted by Crippen LogP contribution is 2.16. The van der Waals surface area contributed by atoms with E-state index in [1.807, 2.05) is 24.3 Å². The lowest BCUT2D eigenvalue weighted by Crippen LogP contribution is -2.33. The van der Waals surface area contributed by atoms with Gasteiger partial charge in [-0.25, -0.2) is 0 Å². The molecule has 0 saturated heterocycles. The highest BCUT2D eigenvalue weighted by molar-refractivity contribution is 9.10. The molecule has 0 saturated carbocycles. The molecule has 0 radical (unpaired) electrons. The molecule has 20 heavy (non-hydrogen) atoms. The average molecular weight is 348 g/mol. The van der Waals surface area contributed by atoms with Crippen molar-refractivity contribution in [3.05, 3.63) is 28.7 Å². The number of nitrogens with one attached hydrogen (secondary N) is 1. The second kappa shape index (κ2) is 10.1. The van der Waals surface area contributed by atoms with Crippen molar-refractivity contribution < 1.29 is 19.7 Å². The molecule has 0 aliphatic rings. The van der Waals surface area contributed by atoms with E-state index in [4.69, 9.17) is 9.47 Å². The van der Waals surface area contributed by atoms with Gasteiger partial charge in [0.1, 0.15) is 18.5 Å². The van der Waals surface area contributed by atoms with Crippen LogP contribution in [-0.4, -0.2) is 55.8 Å². The van der Waals surface area contributed by atoms with E-state index in [1.54, 1.807) is 7.11 Å². The van der Waals surface area contributed by atoms with Gasteiger partial charge in [-0.05, 0) is 37.2 Å². The summed E-state index contributed by atoms with van der Waals surface area (Å²) >= 11 is 3.35. The van der Waals surface area contributed by atoms with Crippen LogP contribution in [0.2, 0.25) is 0 Å². The number of hydrogen-bond donors (Lipinski definition) is 3. The van der Waals surface area contributed by atoms with Gasteiger partial charge >= 0.3 is 0 Å². The number of hydrogen-bond acceptors (Lipinski definition) is 5. The Morgan fingerprint density at radius 1 is 1.15 bits per heavy atom. The maximum Gasteiger partial charge on any atom is 0.119 e. The average Bonchev–Trinajstić information content (AvgIpc) is 2.43. The summed E-state index contributed by atoms with van der Waals surface area (Å²) < 4.78 is 11.3.